The lowest BCUT2D eigenvalue weighted by Gasteiger charge is -2.34. The van der Waals surface area contributed by atoms with Crippen molar-refractivity contribution in [3.05, 3.63) is 71.5 Å². The Morgan fingerprint density at radius 3 is 2.48 bits per heavy atom. The molecule has 0 N–H and O–H groups in total. The fourth-order valence-corrected chi connectivity index (χ4v) is 3.58. The van der Waals surface area contributed by atoms with Gasteiger partial charge in [-0.3, -0.25) is 4.98 Å². The van der Waals surface area contributed by atoms with Crippen molar-refractivity contribution < 1.29 is 0 Å². The lowest BCUT2D eigenvalue weighted by atomic mass is 10.0. The number of hydrogen-bond donors (Lipinski definition) is 0. The number of likely N-dealkylation sites (N-methyl/N-ethyl adjacent to an activating group) is 1. The number of halogens is 1. The molecule has 1 aliphatic rings. The summed E-state index contributed by atoms with van der Waals surface area (Å²) in [4.78, 5) is 9.48. The largest absolute Gasteiger partial charge is 0.369 e. The number of fused-ring (bicyclic) bond motifs is 1. The van der Waals surface area contributed by atoms with E-state index >= 15 is 0 Å². The van der Waals surface area contributed by atoms with Gasteiger partial charge in [0.15, 0.2) is 0 Å². The van der Waals surface area contributed by atoms with Gasteiger partial charge in [0.1, 0.15) is 0 Å². The van der Waals surface area contributed by atoms with Crippen LogP contribution < -0.4 is 4.90 Å². The van der Waals surface area contributed by atoms with Gasteiger partial charge >= 0.3 is 0 Å². The monoisotopic (exact) mass is 379 g/mol. The Balaban J connectivity index is 0.00000210. The van der Waals surface area contributed by atoms with E-state index in [9.17, 15) is 0 Å². The quantitative estimate of drug-likeness (QED) is 0.646. The van der Waals surface area contributed by atoms with Gasteiger partial charge in [0.2, 0.25) is 0 Å². The molecule has 2 aromatic carbocycles. The summed E-state index contributed by atoms with van der Waals surface area (Å²) >= 11 is 0. The van der Waals surface area contributed by atoms with Crippen LogP contribution in [0.5, 0.6) is 0 Å². The molecule has 0 saturated carbocycles. The van der Waals surface area contributed by atoms with Crippen LogP contribution in [0.3, 0.4) is 0 Å². The maximum Gasteiger partial charge on any atom is 0.0650 e. The summed E-state index contributed by atoms with van der Waals surface area (Å²) in [5.41, 5.74) is 4.80. The molecule has 4 rings (SSSR count). The van der Waals surface area contributed by atoms with E-state index in [4.69, 9.17) is 0 Å². The van der Waals surface area contributed by atoms with Gasteiger partial charge in [-0.25, -0.2) is 0 Å². The third-order valence-electron chi connectivity index (χ3n) is 5.20. The molecule has 1 fully saturated rings. The average molecular weight is 380 g/mol. The molecule has 0 radical (unpaired) electrons. The first-order chi connectivity index (χ1) is 12.7. The van der Waals surface area contributed by atoms with Crippen molar-refractivity contribution in [2.24, 2.45) is 0 Å². The third kappa shape index (κ3) is 4.32. The molecule has 27 heavy (non-hydrogen) atoms. The fraction of sp³-hybridized carbons (Fsp3) is 0.261. The van der Waals surface area contributed by atoms with Crippen molar-refractivity contribution in [2.45, 2.75) is 6.92 Å². The summed E-state index contributed by atoms with van der Waals surface area (Å²) in [5.74, 6) is 0. The molecule has 3 nitrogen and oxygen atoms in total. The number of anilines is 1. The van der Waals surface area contributed by atoms with E-state index in [0.29, 0.717) is 0 Å². The van der Waals surface area contributed by atoms with Crippen molar-refractivity contribution in [2.75, 3.05) is 38.1 Å². The van der Waals surface area contributed by atoms with E-state index in [2.05, 4.69) is 89.4 Å². The Morgan fingerprint density at radius 2 is 1.67 bits per heavy atom. The molecule has 1 aromatic heterocycles. The van der Waals surface area contributed by atoms with Crippen LogP contribution >= 0.6 is 12.4 Å². The second kappa shape index (κ2) is 8.55. The lowest BCUT2D eigenvalue weighted by Crippen LogP contribution is -2.44. The van der Waals surface area contributed by atoms with Gasteiger partial charge in [0, 0.05) is 38.1 Å². The highest BCUT2D eigenvalue weighted by molar-refractivity contribution is 5.92. The van der Waals surface area contributed by atoms with E-state index in [1.807, 2.05) is 6.20 Å². The molecule has 3 aromatic rings. The van der Waals surface area contributed by atoms with Crippen LogP contribution in [0, 0.1) is 6.92 Å². The number of pyridine rings is 1. The molecule has 0 aliphatic carbocycles. The lowest BCUT2D eigenvalue weighted by molar-refractivity contribution is 0.312. The van der Waals surface area contributed by atoms with Gasteiger partial charge in [0.25, 0.3) is 0 Å². The molecule has 1 aliphatic heterocycles. The van der Waals surface area contributed by atoms with E-state index in [-0.39, 0.29) is 12.4 Å². The number of benzene rings is 2. The Morgan fingerprint density at radius 1 is 0.926 bits per heavy atom. The summed E-state index contributed by atoms with van der Waals surface area (Å²) < 4.78 is 0. The molecular weight excluding hydrogens is 354 g/mol. The summed E-state index contributed by atoms with van der Waals surface area (Å²) in [6.07, 6.45) is 6.30. The normalized spacial score (nSPS) is 15.3. The molecule has 1 saturated heterocycles. The maximum atomic E-state index is 4.62. The van der Waals surface area contributed by atoms with Crippen molar-refractivity contribution in [3.63, 3.8) is 0 Å². The Labute approximate surface area is 167 Å². The SMILES string of the molecule is Cc1cnc(/C=C/c2cccc3ccccc23)cc1N1CCN(C)CC1.Cl. The Bertz CT molecular complexity index is 938. The number of nitrogens with zero attached hydrogens (tertiary/aromatic N) is 3. The van der Waals surface area contributed by atoms with Gasteiger partial charge in [-0.05, 0) is 48.0 Å². The fourth-order valence-electron chi connectivity index (χ4n) is 3.58. The third-order valence-corrected chi connectivity index (χ3v) is 5.20. The number of piperazine rings is 1. The predicted octanol–water partition coefficient (Wildman–Crippen LogP) is 4.89. The van der Waals surface area contributed by atoms with E-state index in [1.54, 1.807) is 0 Å². The number of aromatic nitrogens is 1. The van der Waals surface area contributed by atoms with Crippen LogP contribution in [0.1, 0.15) is 16.8 Å². The van der Waals surface area contributed by atoms with Crippen LogP contribution in [0.2, 0.25) is 0 Å². The van der Waals surface area contributed by atoms with E-state index < -0.39 is 0 Å². The first-order valence-corrected chi connectivity index (χ1v) is 9.27. The summed E-state index contributed by atoms with van der Waals surface area (Å²) in [6, 6.07) is 17.2. The summed E-state index contributed by atoms with van der Waals surface area (Å²) in [7, 11) is 2.19. The van der Waals surface area contributed by atoms with Gasteiger partial charge in [-0.2, -0.15) is 0 Å². The average Bonchev–Trinajstić information content (AvgIpc) is 2.68. The van der Waals surface area contributed by atoms with Crippen molar-refractivity contribution in [3.8, 4) is 0 Å². The second-order valence-corrected chi connectivity index (χ2v) is 7.09. The molecule has 0 atom stereocenters. The minimum atomic E-state index is 0. The minimum absolute atomic E-state index is 0. The number of rotatable bonds is 3. The van der Waals surface area contributed by atoms with E-state index in [0.717, 1.165) is 31.9 Å². The predicted molar refractivity (Wildman–Crippen MR) is 119 cm³/mol. The highest BCUT2D eigenvalue weighted by atomic mass is 35.5. The molecule has 0 spiro atoms. The second-order valence-electron chi connectivity index (χ2n) is 7.09. The molecular formula is C23H26ClN3. The zero-order valence-electron chi connectivity index (χ0n) is 15.9. The molecule has 0 amide bonds. The smallest absolute Gasteiger partial charge is 0.0650 e. The highest BCUT2D eigenvalue weighted by Crippen LogP contribution is 2.24. The zero-order valence-corrected chi connectivity index (χ0v) is 16.7. The number of hydrogen-bond acceptors (Lipinski definition) is 3. The van der Waals surface area contributed by atoms with Crippen molar-refractivity contribution >= 4 is 41.0 Å². The van der Waals surface area contributed by atoms with Crippen LogP contribution in [0.15, 0.2) is 54.7 Å². The molecule has 140 valence electrons. The van der Waals surface area contributed by atoms with Crippen molar-refractivity contribution in [1.82, 2.24) is 9.88 Å². The van der Waals surface area contributed by atoms with Crippen molar-refractivity contribution in [1.29, 1.82) is 0 Å². The first kappa shape index (κ1) is 19.4. The van der Waals surface area contributed by atoms with Crippen LogP contribution in [0.25, 0.3) is 22.9 Å². The van der Waals surface area contributed by atoms with E-state index in [1.165, 1.54) is 27.6 Å². The Kier molecular flexibility index (Phi) is 6.15. The standard InChI is InChI=1S/C23H25N3.ClH/c1-18-17-24-21(16-23(18)26-14-12-25(2)13-15-26)11-10-20-8-5-7-19-6-3-4-9-22(19)20;/h3-11,16-17H,12-15H2,1-2H3;1H/b11-10+;. The van der Waals surface area contributed by atoms with Crippen LogP contribution in [0.4, 0.5) is 5.69 Å². The van der Waals surface area contributed by atoms with Gasteiger partial charge in [0.05, 0.1) is 5.69 Å². The maximum absolute atomic E-state index is 4.62. The molecule has 0 bridgehead atoms. The molecule has 0 unspecified atom stereocenters. The summed E-state index contributed by atoms with van der Waals surface area (Å²) in [5, 5.41) is 2.54. The molecule has 2 heterocycles. The summed E-state index contributed by atoms with van der Waals surface area (Å²) in [6.45, 7) is 6.53. The van der Waals surface area contributed by atoms with Gasteiger partial charge in [-0.1, -0.05) is 48.5 Å². The molecule has 4 heteroatoms. The number of aryl methyl sites for hydroxylation is 1. The minimum Gasteiger partial charge on any atom is -0.369 e. The topological polar surface area (TPSA) is 19.4 Å². The van der Waals surface area contributed by atoms with Gasteiger partial charge in [-0.15, -0.1) is 12.4 Å². The van der Waals surface area contributed by atoms with Gasteiger partial charge < -0.3 is 9.80 Å². The zero-order chi connectivity index (χ0) is 17.9. The van der Waals surface area contributed by atoms with Crippen LogP contribution in [-0.4, -0.2) is 43.1 Å². The van der Waals surface area contributed by atoms with Crippen LogP contribution in [-0.2, 0) is 0 Å². The highest BCUT2D eigenvalue weighted by Gasteiger charge is 2.16. The first-order valence-electron chi connectivity index (χ1n) is 9.27. The Hall–Kier alpha value is -2.36.